The summed E-state index contributed by atoms with van der Waals surface area (Å²) in [5.41, 5.74) is 3.67. The Kier molecular flexibility index (Phi) is 5.60. The third kappa shape index (κ3) is 4.91. The average molecular weight is 331 g/mol. The van der Waals surface area contributed by atoms with Crippen LogP contribution in [0.4, 0.5) is 0 Å². The average Bonchev–Trinajstić information content (AvgIpc) is 2.52. The zero-order chi connectivity index (χ0) is 17.0. The van der Waals surface area contributed by atoms with Gasteiger partial charge in [0.1, 0.15) is 0 Å². The third-order valence-electron chi connectivity index (χ3n) is 4.07. The molecule has 2 rings (SSSR count). The molecular formula is C19H25NO2S. The molecule has 0 amide bonds. The van der Waals surface area contributed by atoms with Crippen LogP contribution in [0, 0.1) is 0 Å². The van der Waals surface area contributed by atoms with Crippen LogP contribution in [0.15, 0.2) is 53.4 Å². The molecule has 0 aliphatic rings. The van der Waals surface area contributed by atoms with Crippen molar-refractivity contribution in [3.05, 3.63) is 65.2 Å². The second-order valence-electron chi connectivity index (χ2n) is 6.34. The van der Waals surface area contributed by atoms with E-state index < -0.39 is 9.84 Å². The second-order valence-corrected chi connectivity index (χ2v) is 8.36. The van der Waals surface area contributed by atoms with Gasteiger partial charge in [0.05, 0.1) is 4.90 Å². The number of sulfone groups is 1. The summed E-state index contributed by atoms with van der Waals surface area (Å²) in [5.74, 6) is 0.546. The standard InChI is InChI=1S/C19H25NO2S/c1-14(2)17-7-5-16(6-8-17)13-20-15(3)18-9-11-19(12-10-18)23(4,21)22/h5-12,14-15,20H,13H2,1-4H3/t15-/m1/s1. The van der Waals surface area contributed by atoms with E-state index in [0.29, 0.717) is 10.8 Å². The Hall–Kier alpha value is -1.65. The highest BCUT2D eigenvalue weighted by Gasteiger charge is 2.09. The summed E-state index contributed by atoms with van der Waals surface area (Å²) >= 11 is 0. The van der Waals surface area contributed by atoms with Crippen LogP contribution < -0.4 is 5.32 Å². The lowest BCUT2D eigenvalue weighted by atomic mass is 10.0. The molecular weight excluding hydrogens is 306 g/mol. The Labute approximate surface area is 139 Å². The van der Waals surface area contributed by atoms with Crippen LogP contribution >= 0.6 is 0 Å². The molecule has 0 radical (unpaired) electrons. The van der Waals surface area contributed by atoms with Gasteiger partial charge in [0.2, 0.25) is 0 Å². The van der Waals surface area contributed by atoms with Crippen molar-refractivity contribution in [3.63, 3.8) is 0 Å². The molecule has 0 aliphatic carbocycles. The van der Waals surface area contributed by atoms with Crippen molar-refractivity contribution in [2.24, 2.45) is 0 Å². The summed E-state index contributed by atoms with van der Waals surface area (Å²) in [6.07, 6.45) is 1.23. The van der Waals surface area contributed by atoms with Gasteiger partial charge in [-0.25, -0.2) is 8.42 Å². The number of rotatable bonds is 6. The number of hydrogen-bond acceptors (Lipinski definition) is 3. The molecule has 0 spiro atoms. The third-order valence-corrected chi connectivity index (χ3v) is 5.20. The Morgan fingerprint density at radius 3 is 1.87 bits per heavy atom. The van der Waals surface area contributed by atoms with Crippen LogP contribution in [0.1, 0.15) is 49.4 Å². The fourth-order valence-corrected chi connectivity index (χ4v) is 3.04. The fourth-order valence-electron chi connectivity index (χ4n) is 2.41. The summed E-state index contributed by atoms with van der Waals surface area (Å²) in [6, 6.07) is 15.9. The minimum Gasteiger partial charge on any atom is -0.306 e. The summed E-state index contributed by atoms with van der Waals surface area (Å²) in [6.45, 7) is 7.25. The quantitative estimate of drug-likeness (QED) is 0.868. The Balaban J connectivity index is 1.97. The van der Waals surface area contributed by atoms with Gasteiger partial charge >= 0.3 is 0 Å². The zero-order valence-electron chi connectivity index (χ0n) is 14.2. The molecule has 0 saturated carbocycles. The summed E-state index contributed by atoms with van der Waals surface area (Å²) in [7, 11) is -3.13. The zero-order valence-corrected chi connectivity index (χ0v) is 15.0. The number of nitrogens with one attached hydrogen (secondary N) is 1. The lowest BCUT2D eigenvalue weighted by Crippen LogP contribution is -2.18. The largest absolute Gasteiger partial charge is 0.306 e. The number of hydrogen-bond donors (Lipinski definition) is 1. The van der Waals surface area contributed by atoms with Crippen molar-refractivity contribution in [2.75, 3.05) is 6.26 Å². The van der Waals surface area contributed by atoms with Crippen molar-refractivity contribution >= 4 is 9.84 Å². The first kappa shape index (κ1) is 17.7. The van der Waals surface area contributed by atoms with Crippen LogP contribution in [-0.2, 0) is 16.4 Å². The van der Waals surface area contributed by atoms with Crippen molar-refractivity contribution in [3.8, 4) is 0 Å². The maximum atomic E-state index is 11.5. The van der Waals surface area contributed by atoms with Gasteiger partial charge < -0.3 is 5.32 Å². The van der Waals surface area contributed by atoms with Crippen LogP contribution in [0.25, 0.3) is 0 Å². The molecule has 0 fully saturated rings. The van der Waals surface area contributed by atoms with Crippen LogP contribution in [0.5, 0.6) is 0 Å². The van der Waals surface area contributed by atoms with Gasteiger partial charge in [-0.3, -0.25) is 0 Å². The normalized spacial score (nSPS) is 13.3. The summed E-state index contributed by atoms with van der Waals surface area (Å²) in [4.78, 5) is 0.359. The fraction of sp³-hybridized carbons (Fsp3) is 0.368. The van der Waals surface area contributed by atoms with Gasteiger partial charge in [0.15, 0.2) is 9.84 Å². The first-order valence-corrected chi connectivity index (χ1v) is 9.79. The highest BCUT2D eigenvalue weighted by atomic mass is 32.2. The van der Waals surface area contributed by atoms with Gasteiger partial charge in [0, 0.05) is 18.8 Å². The van der Waals surface area contributed by atoms with Gasteiger partial charge in [-0.1, -0.05) is 50.2 Å². The van der Waals surface area contributed by atoms with E-state index in [0.717, 1.165) is 12.1 Å². The maximum Gasteiger partial charge on any atom is 0.175 e. The Morgan fingerprint density at radius 2 is 1.39 bits per heavy atom. The highest BCUT2D eigenvalue weighted by molar-refractivity contribution is 7.90. The van der Waals surface area contributed by atoms with E-state index >= 15 is 0 Å². The molecule has 0 aromatic heterocycles. The predicted molar refractivity (Wildman–Crippen MR) is 95.3 cm³/mol. The molecule has 0 aliphatic heterocycles. The molecule has 2 aromatic rings. The first-order chi connectivity index (χ1) is 10.8. The van der Waals surface area contributed by atoms with Gasteiger partial charge in [-0.2, -0.15) is 0 Å². The minimum atomic E-state index is -3.13. The maximum absolute atomic E-state index is 11.5. The van der Waals surface area contributed by atoms with Crippen molar-refractivity contribution in [1.82, 2.24) is 5.32 Å². The SMILES string of the molecule is CC(C)c1ccc(CN[C@H](C)c2ccc(S(C)(=O)=O)cc2)cc1. The molecule has 2 aromatic carbocycles. The topological polar surface area (TPSA) is 46.2 Å². The second kappa shape index (κ2) is 7.28. The smallest absolute Gasteiger partial charge is 0.175 e. The van der Waals surface area contributed by atoms with E-state index in [1.54, 1.807) is 12.1 Å². The molecule has 0 bridgehead atoms. The van der Waals surface area contributed by atoms with Gasteiger partial charge in [-0.15, -0.1) is 0 Å². The van der Waals surface area contributed by atoms with E-state index in [2.05, 4.69) is 50.4 Å². The Morgan fingerprint density at radius 1 is 0.870 bits per heavy atom. The van der Waals surface area contributed by atoms with Crippen molar-refractivity contribution in [1.29, 1.82) is 0 Å². The van der Waals surface area contributed by atoms with E-state index in [1.807, 2.05) is 12.1 Å². The molecule has 4 heteroatoms. The molecule has 0 saturated heterocycles. The number of benzene rings is 2. The molecule has 124 valence electrons. The molecule has 3 nitrogen and oxygen atoms in total. The highest BCUT2D eigenvalue weighted by Crippen LogP contribution is 2.18. The lowest BCUT2D eigenvalue weighted by molar-refractivity contribution is 0.573. The summed E-state index contributed by atoms with van der Waals surface area (Å²) < 4.78 is 23.0. The van der Waals surface area contributed by atoms with Crippen LogP contribution in [0.3, 0.4) is 0 Å². The molecule has 1 atom stereocenters. The predicted octanol–water partition coefficient (Wildman–Crippen LogP) is 4.06. The van der Waals surface area contributed by atoms with Crippen LogP contribution in [0.2, 0.25) is 0 Å². The monoisotopic (exact) mass is 331 g/mol. The molecule has 1 N–H and O–H groups in total. The van der Waals surface area contributed by atoms with E-state index in [1.165, 1.54) is 17.4 Å². The van der Waals surface area contributed by atoms with Gasteiger partial charge in [-0.05, 0) is 41.7 Å². The van der Waals surface area contributed by atoms with Crippen molar-refractivity contribution < 1.29 is 8.42 Å². The minimum absolute atomic E-state index is 0.161. The van der Waals surface area contributed by atoms with Crippen molar-refractivity contribution in [2.45, 2.75) is 44.2 Å². The van der Waals surface area contributed by atoms with E-state index in [9.17, 15) is 8.42 Å². The molecule has 23 heavy (non-hydrogen) atoms. The van der Waals surface area contributed by atoms with E-state index in [-0.39, 0.29) is 6.04 Å². The molecule has 0 unspecified atom stereocenters. The van der Waals surface area contributed by atoms with Crippen LogP contribution in [-0.4, -0.2) is 14.7 Å². The summed E-state index contributed by atoms with van der Waals surface area (Å²) in [5, 5.41) is 3.47. The Bertz CT molecular complexity index is 732. The first-order valence-electron chi connectivity index (χ1n) is 7.89. The van der Waals surface area contributed by atoms with Gasteiger partial charge in [0.25, 0.3) is 0 Å². The lowest BCUT2D eigenvalue weighted by Gasteiger charge is -2.15. The molecule has 0 heterocycles. The van der Waals surface area contributed by atoms with E-state index in [4.69, 9.17) is 0 Å².